The summed E-state index contributed by atoms with van der Waals surface area (Å²) in [5.74, 6) is -9.01. The van der Waals surface area contributed by atoms with Crippen molar-refractivity contribution in [1.29, 1.82) is 5.26 Å². The molecule has 28 heavy (non-hydrogen) atoms. The Morgan fingerprint density at radius 2 is 1.64 bits per heavy atom. The van der Waals surface area contributed by atoms with E-state index in [1.165, 1.54) is 27.0 Å². The van der Waals surface area contributed by atoms with Gasteiger partial charge in [-0.05, 0) is 17.9 Å². The van der Waals surface area contributed by atoms with Crippen LogP contribution in [0.25, 0.3) is 0 Å². The lowest BCUT2D eigenvalue weighted by Gasteiger charge is -2.18. The highest BCUT2D eigenvalue weighted by Crippen LogP contribution is 2.71. The molecule has 0 aromatic heterocycles. The molecule has 0 radical (unpaired) electrons. The molecule has 0 aliphatic heterocycles. The van der Waals surface area contributed by atoms with Crippen LogP contribution >= 0.6 is 0 Å². The van der Waals surface area contributed by atoms with Crippen LogP contribution in [0.2, 0.25) is 0 Å². The quantitative estimate of drug-likeness (QED) is 0.326. The van der Waals surface area contributed by atoms with Gasteiger partial charge < -0.3 is 14.6 Å². The van der Waals surface area contributed by atoms with Crippen LogP contribution in [-0.2, 0) is 27.3 Å². The van der Waals surface area contributed by atoms with Gasteiger partial charge in [-0.15, -0.1) is 0 Å². The van der Waals surface area contributed by atoms with Crippen molar-refractivity contribution in [2.75, 3.05) is 14.2 Å². The Bertz CT molecular complexity index is 862. The molecule has 9 heteroatoms. The number of aliphatic carboxylic acids is 1. The molecular formula is C19H19F4NO4. The molecule has 1 aliphatic carbocycles. The van der Waals surface area contributed by atoms with Crippen LogP contribution in [0.15, 0.2) is 11.8 Å². The molecule has 1 fully saturated rings. The summed E-state index contributed by atoms with van der Waals surface area (Å²) < 4.78 is 66.8. The van der Waals surface area contributed by atoms with Crippen molar-refractivity contribution in [3.8, 4) is 6.07 Å². The van der Waals surface area contributed by atoms with Crippen LogP contribution in [0.5, 0.6) is 0 Å². The van der Waals surface area contributed by atoms with E-state index < -0.39 is 70.1 Å². The summed E-state index contributed by atoms with van der Waals surface area (Å²) in [6.07, 6.45) is 0.438. The van der Waals surface area contributed by atoms with E-state index in [2.05, 4.69) is 4.74 Å². The van der Waals surface area contributed by atoms with Crippen molar-refractivity contribution in [2.24, 2.45) is 16.7 Å². The number of hydrogen-bond acceptors (Lipinski definition) is 4. The molecular weight excluding hydrogens is 382 g/mol. The van der Waals surface area contributed by atoms with Crippen molar-refractivity contribution in [1.82, 2.24) is 0 Å². The minimum absolute atomic E-state index is 0.171. The average molecular weight is 401 g/mol. The number of ether oxygens (including phenoxy) is 2. The topological polar surface area (TPSA) is 79.5 Å². The van der Waals surface area contributed by atoms with Gasteiger partial charge in [-0.25, -0.2) is 17.6 Å². The molecule has 1 aliphatic rings. The van der Waals surface area contributed by atoms with E-state index in [4.69, 9.17) is 10.00 Å². The molecule has 152 valence electrons. The fraction of sp³-hybridized carbons (Fsp3) is 0.474. The second-order valence-electron chi connectivity index (χ2n) is 7.15. The molecule has 1 N–H and O–H groups in total. The second kappa shape index (κ2) is 7.43. The van der Waals surface area contributed by atoms with E-state index in [0.717, 1.165) is 7.11 Å². The summed E-state index contributed by atoms with van der Waals surface area (Å²) in [5.41, 5.74) is -4.76. The van der Waals surface area contributed by atoms with E-state index in [1.807, 2.05) is 0 Å². The van der Waals surface area contributed by atoms with Crippen LogP contribution in [0.3, 0.4) is 0 Å². The monoisotopic (exact) mass is 401 g/mol. The zero-order chi connectivity index (χ0) is 21.4. The lowest BCUT2D eigenvalue weighted by Crippen LogP contribution is -2.26. The van der Waals surface area contributed by atoms with Crippen molar-refractivity contribution >= 4 is 5.97 Å². The first-order chi connectivity index (χ1) is 13.0. The number of nitriles is 1. The molecule has 1 aromatic rings. The van der Waals surface area contributed by atoms with Crippen LogP contribution < -0.4 is 0 Å². The van der Waals surface area contributed by atoms with Gasteiger partial charge in [0.1, 0.15) is 6.07 Å². The Labute approximate surface area is 159 Å². The Balaban J connectivity index is 2.61. The predicted molar refractivity (Wildman–Crippen MR) is 88.7 cm³/mol. The third-order valence-corrected chi connectivity index (χ3v) is 5.59. The number of methoxy groups -OCH3 is 2. The fourth-order valence-electron chi connectivity index (χ4n) is 3.80. The normalized spacial score (nSPS) is 23.2. The number of hydrogen-bond donors (Lipinski definition) is 1. The van der Waals surface area contributed by atoms with Gasteiger partial charge in [0.15, 0.2) is 29.0 Å². The SMILES string of the molecule is COCc1c(F)c(F)c(C[C@@]2(C(=O)O)C(/C=C(\C#N)OC)C2(C)C)c(F)c1F. The summed E-state index contributed by atoms with van der Waals surface area (Å²) in [7, 11) is 2.32. The number of carbonyl (C=O) groups is 1. The molecule has 1 unspecified atom stereocenters. The number of halogens is 4. The zero-order valence-electron chi connectivity index (χ0n) is 15.7. The lowest BCUT2D eigenvalue weighted by molar-refractivity contribution is -0.145. The first kappa shape index (κ1) is 21.7. The Morgan fingerprint density at radius 3 is 2.04 bits per heavy atom. The number of benzene rings is 1. The summed E-state index contributed by atoms with van der Waals surface area (Å²) in [4.78, 5) is 12.0. The first-order valence-electron chi connectivity index (χ1n) is 8.23. The average Bonchev–Trinajstić information content (AvgIpc) is 3.13. The Morgan fingerprint density at radius 1 is 1.14 bits per heavy atom. The van der Waals surface area contributed by atoms with Crippen molar-refractivity contribution in [2.45, 2.75) is 26.9 Å². The van der Waals surface area contributed by atoms with E-state index in [9.17, 15) is 27.5 Å². The van der Waals surface area contributed by atoms with Gasteiger partial charge in [-0.3, -0.25) is 4.79 Å². The van der Waals surface area contributed by atoms with E-state index in [1.54, 1.807) is 6.07 Å². The highest BCUT2D eigenvalue weighted by molar-refractivity contribution is 5.82. The fourth-order valence-corrected chi connectivity index (χ4v) is 3.80. The predicted octanol–water partition coefficient (Wildman–Crippen LogP) is 3.71. The zero-order valence-corrected chi connectivity index (χ0v) is 15.7. The molecule has 0 spiro atoms. The van der Waals surface area contributed by atoms with E-state index in [0.29, 0.717) is 0 Å². The van der Waals surface area contributed by atoms with Gasteiger partial charge in [-0.2, -0.15) is 5.26 Å². The van der Waals surface area contributed by atoms with Gasteiger partial charge in [0.25, 0.3) is 0 Å². The first-order valence-corrected chi connectivity index (χ1v) is 8.23. The third kappa shape index (κ3) is 3.02. The van der Waals surface area contributed by atoms with Gasteiger partial charge in [0.2, 0.25) is 0 Å². The van der Waals surface area contributed by atoms with E-state index >= 15 is 0 Å². The Hall–Kier alpha value is -2.60. The number of carboxylic acids is 1. The summed E-state index contributed by atoms with van der Waals surface area (Å²) in [6.45, 7) is 2.36. The highest BCUT2D eigenvalue weighted by atomic mass is 19.2. The molecule has 2 atom stereocenters. The molecule has 0 saturated heterocycles. The van der Waals surface area contributed by atoms with Gasteiger partial charge in [0, 0.05) is 18.6 Å². The van der Waals surface area contributed by atoms with Crippen LogP contribution in [0.1, 0.15) is 25.0 Å². The minimum Gasteiger partial charge on any atom is -0.487 e. The van der Waals surface area contributed by atoms with Crippen molar-refractivity contribution in [3.05, 3.63) is 46.2 Å². The van der Waals surface area contributed by atoms with Gasteiger partial charge in [0.05, 0.1) is 24.7 Å². The summed E-state index contributed by atoms with van der Waals surface area (Å²) in [5, 5.41) is 18.8. The molecule has 0 amide bonds. The van der Waals surface area contributed by atoms with Crippen molar-refractivity contribution < 1.29 is 36.9 Å². The molecule has 1 aromatic carbocycles. The minimum atomic E-state index is -1.78. The Kier molecular flexibility index (Phi) is 5.76. The molecule has 0 heterocycles. The maximum absolute atomic E-state index is 14.5. The summed E-state index contributed by atoms with van der Waals surface area (Å²) >= 11 is 0. The third-order valence-electron chi connectivity index (χ3n) is 5.59. The van der Waals surface area contributed by atoms with Crippen LogP contribution in [-0.4, -0.2) is 25.3 Å². The molecule has 0 bridgehead atoms. The van der Waals surface area contributed by atoms with Gasteiger partial charge in [-0.1, -0.05) is 13.8 Å². The standard InChI is InChI=1S/C19H19F4NO4/c1-18(2)12(5-9(7-24)28-4)19(18,17(25)26)6-10-13(20)15(22)11(8-27-3)16(23)14(10)21/h5,12H,6,8H2,1-4H3,(H,25,26)/b9-5+/t12?,19-/m0/s1. The summed E-state index contributed by atoms with van der Waals surface area (Å²) in [6, 6.07) is 1.73. The van der Waals surface area contributed by atoms with Crippen LogP contribution in [0.4, 0.5) is 17.6 Å². The molecule has 1 saturated carbocycles. The number of nitrogens with zero attached hydrogens (tertiary/aromatic N) is 1. The molecule has 5 nitrogen and oxygen atoms in total. The molecule has 2 rings (SSSR count). The largest absolute Gasteiger partial charge is 0.487 e. The maximum Gasteiger partial charge on any atom is 0.311 e. The van der Waals surface area contributed by atoms with Crippen molar-refractivity contribution in [3.63, 3.8) is 0 Å². The second-order valence-corrected chi connectivity index (χ2v) is 7.15. The van der Waals surface area contributed by atoms with Crippen LogP contribution in [0, 0.1) is 51.3 Å². The highest BCUT2D eigenvalue weighted by Gasteiger charge is 2.75. The van der Waals surface area contributed by atoms with E-state index in [-0.39, 0.29) is 5.76 Å². The maximum atomic E-state index is 14.5. The smallest absolute Gasteiger partial charge is 0.311 e. The number of allylic oxidation sites excluding steroid dienone is 2. The number of rotatable bonds is 7. The lowest BCUT2D eigenvalue weighted by atomic mass is 9.87. The van der Waals surface area contributed by atoms with Gasteiger partial charge >= 0.3 is 5.97 Å². The number of carboxylic acid groups (broad SMARTS) is 1.